The highest BCUT2D eigenvalue weighted by Crippen LogP contribution is 2.30. The first-order chi connectivity index (χ1) is 10.6. The standard InChI is InChI=1S/C21H28N2/c1-20(2,3)16-7-11-18(12-8-16)23(15-22)19-13-9-17(10-14-19)21(4,5)6/h7-15,22H,1-6H3. The summed E-state index contributed by atoms with van der Waals surface area (Å²) in [6.45, 7) is 13.3. The summed E-state index contributed by atoms with van der Waals surface area (Å²) in [6, 6.07) is 16.9. The van der Waals surface area contributed by atoms with E-state index in [1.54, 1.807) is 0 Å². The summed E-state index contributed by atoms with van der Waals surface area (Å²) in [4.78, 5) is 1.90. The lowest BCUT2D eigenvalue weighted by atomic mass is 9.87. The van der Waals surface area contributed by atoms with Crippen LogP contribution in [0.3, 0.4) is 0 Å². The van der Waals surface area contributed by atoms with Crippen LogP contribution in [0.15, 0.2) is 48.5 Å². The second-order valence-corrected chi connectivity index (χ2v) is 8.09. The number of hydrogen-bond acceptors (Lipinski definition) is 1. The third-order valence-corrected chi connectivity index (χ3v) is 4.15. The fourth-order valence-corrected chi connectivity index (χ4v) is 2.54. The van der Waals surface area contributed by atoms with Gasteiger partial charge in [-0.15, -0.1) is 0 Å². The van der Waals surface area contributed by atoms with Crippen molar-refractivity contribution in [2.24, 2.45) is 0 Å². The van der Waals surface area contributed by atoms with Crippen LogP contribution >= 0.6 is 0 Å². The van der Waals surface area contributed by atoms with Gasteiger partial charge < -0.3 is 4.90 Å². The van der Waals surface area contributed by atoms with Crippen LogP contribution in [0, 0.1) is 5.41 Å². The van der Waals surface area contributed by atoms with Gasteiger partial charge in [-0.25, -0.2) is 0 Å². The number of anilines is 2. The maximum Gasteiger partial charge on any atom is 0.0907 e. The third-order valence-electron chi connectivity index (χ3n) is 4.15. The van der Waals surface area contributed by atoms with Crippen LogP contribution in [0.25, 0.3) is 0 Å². The Labute approximate surface area is 140 Å². The molecule has 2 aromatic rings. The first kappa shape index (κ1) is 17.3. The molecule has 122 valence electrons. The summed E-state index contributed by atoms with van der Waals surface area (Å²) in [6.07, 6.45) is 1.37. The molecule has 2 aromatic carbocycles. The van der Waals surface area contributed by atoms with Gasteiger partial charge >= 0.3 is 0 Å². The zero-order valence-corrected chi connectivity index (χ0v) is 15.1. The molecule has 23 heavy (non-hydrogen) atoms. The molecule has 0 saturated carbocycles. The molecule has 0 fully saturated rings. The Morgan fingerprint density at radius 3 is 1.17 bits per heavy atom. The molecule has 1 N–H and O–H groups in total. The average Bonchev–Trinajstić information content (AvgIpc) is 2.47. The molecule has 2 nitrogen and oxygen atoms in total. The van der Waals surface area contributed by atoms with E-state index in [-0.39, 0.29) is 10.8 Å². The summed E-state index contributed by atoms with van der Waals surface area (Å²) in [5.41, 5.74) is 4.90. The first-order valence-corrected chi connectivity index (χ1v) is 8.14. The van der Waals surface area contributed by atoms with E-state index in [4.69, 9.17) is 5.41 Å². The van der Waals surface area contributed by atoms with Crippen molar-refractivity contribution in [2.45, 2.75) is 52.4 Å². The second-order valence-electron chi connectivity index (χ2n) is 8.09. The van der Waals surface area contributed by atoms with Crippen LogP contribution in [-0.2, 0) is 10.8 Å². The number of rotatable bonds is 3. The molecule has 0 spiro atoms. The van der Waals surface area contributed by atoms with Crippen molar-refractivity contribution in [3.8, 4) is 0 Å². The fourth-order valence-electron chi connectivity index (χ4n) is 2.54. The molecule has 0 aliphatic carbocycles. The molecule has 0 radical (unpaired) electrons. The highest BCUT2D eigenvalue weighted by atomic mass is 15.1. The van der Waals surface area contributed by atoms with Crippen LogP contribution in [-0.4, -0.2) is 6.34 Å². The van der Waals surface area contributed by atoms with Crippen LogP contribution in [0.5, 0.6) is 0 Å². The molecule has 0 unspecified atom stereocenters. The van der Waals surface area contributed by atoms with E-state index in [1.807, 2.05) is 4.90 Å². The first-order valence-electron chi connectivity index (χ1n) is 8.14. The van der Waals surface area contributed by atoms with Crippen molar-refractivity contribution in [2.75, 3.05) is 4.90 Å². The van der Waals surface area contributed by atoms with Gasteiger partial charge in [0, 0.05) is 11.4 Å². The molecular formula is C21H28N2. The lowest BCUT2D eigenvalue weighted by molar-refractivity contribution is 0.590. The van der Waals surface area contributed by atoms with E-state index in [1.165, 1.54) is 17.5 Å². The van der Waals surface area contributed by atoms with Gasteiger partial charge in [0.15, 0.2) is 0 Å². The highest BCUT2D eigenvalue weighted by Gasteiger charge is 2.16. The fraction of sp³-hybridized carbons (Fsp3) is 0.381. The maximum atomic E-state index is 7.79. The Morgan fingerprint density at radius 1 is 0.652 bits per heavy atom. The van der Waals surface area contributed by atoms with Gasteiger partial charge in [0.25, 0.3) is 0 Å². The number of nitrogens with zero attached hydrogens (tertiary/aromatic N) is 1. The Morgan fingerprint density at radius 2 is 0.957 bits per heavy atom. The molecule has 0 saturated heterocycles. The van der Waals surface area contributed by atoms with Crippen LogP contribution in [0.2, 0.25) is 0 Å². The van der Waals surface area contributed by atoms with Crippen molar-refractivity contribution in [3.05, 3.63) is 59.7 Å². The Bertz CT molecular complexity index is 595. The predicted octanol–water partition coefficient (Wildman–Crippen LogP) is 6.03. The van der Waals surface area contributed by atoms with E-state index >= 15 is 0 Å². The van der Waals surface area contributed by atoms with E-state index < -0.39 is 0 Å². The minimum atomic E-state index is 0.141. The zero-order valence-electron chi connectivity index (χ0n) is 15.1. The van der Waals surface area contributed by atoms with Crippen molar-refractivity contribution in [1.29, 1.82) is 5.41 Å². The molecule has 2 heteroatoms. The lowest BCUT2D eigenvalue weighted by Crippen LogP contribution is -2.16. The van der Waals surface area contributed by atoms with Crippen molar-refractivity contribution in [1.82, 2.24) is 0 Å². The summed E-state index contributed by atoms with van der Waals surface area (Å²) < 4.78 is 0. The molecule has 0 aliphatic rings. The monoisotopic (exact) mass is 308 g/mol. The molecule has 0 heterocycles. The van der Waals surface area contributed by atoms with Crippen molar-refractivity contribution >= 4 is 17.7 Å². The van der Waals surface area contributed by atoms with E-state index in [0.717, 1.165) is 11.4 Å². The van der Waals surface area contributed by atoms with Gasteiger partial charge in [0.05, 0.1) is 6.34 Å². The SMILES string of the molecule is CC(C)(C)c1ccc(N(C=N)c2ccc(C(C)(C)C)cc2)cc1. The number of benzene rings is 2. The molecular weight excluding hydrogens is 280 g/mol. The second kappa shape index (κ2) is 6.19. The van der Waals surface area contributed by atoms with Gasteiger partial charge in [0.2, 0.25) is 0 Å². The molecule has 0 aromatic heterocycles. The van der Waals surface area contributed by atoms with Crippen LogP contribution in [0.4, 0.5) is 11.4 Å². The average molecular weight is 308 g/mol. The van der Waals surface area contributed by atoms with Gasteiger partial charge in [-0.2, -0.15) is 0 Å². The third kappa shape index (κ3) is 4.01. The maximum absolute atomic E-state index is 7.79. The summed E-state index contributed by atoms with van der Waals surface area (Å²) >= 11 is 0. The Kier molecular flexibility index (Phi) is 4.65. The summed E-state index contributed by atoms with van der Waals surface area (Å²) in [7, 11) is 0. The van der Waals surface area contributed by atoms with Gasteiger partial charge in [-0.1, -0.05) is 65.8 Å². The van der Waals surface area contributed by atoms with E-state index in [0.29, 0.717) is 0 Å². The van der Waals surface area contributed by atoms with Crippen molar-refractivity contribution in [3.63, 3.8) is 0 Å². The largest absolute Gasteiger partial charge is 0.302 e. The number of hydrogen-bond donors (Lipinski definition) is 1. The van der Waals surface area contributed by atoms with Crippen molar-refractivity contribution < 1.29 is 0 Å². The topological polar surface area (TPSA) is 27.1 Å². The Balaban J connectivity index is 2.31. The van der Waals surface area contributed by atoms with Gasteiger partial charge in [0.1, 0.15) is 0 Å². The molecule has 0 bridgehead atoms. The molecule has 2 rings (SSSR count). The Hall–Kier alpha value is -2.09. The minimum absolute atomic E-state index is 0.141. The zero-order chi connectivity index (χ0) is 17.3. The highest BCUT2D eigenvalue weighted by molar-refractivity contribution is 5.87. The lowest BCUT2D eigenvalue weighted by Gasteiger charge is -2.24. The van der Waals surface area contributed by atoms with Crippen LogP contribution in [0.1, 0.15) is 52.7 Å². The minimum Gasteiger partial charge on any atom is -0.302 e. The van der Waals surface area contributed by atoms with Gasteiger partial charge in [-0.05, 0) is 46.2 Å². The van der Waals surface area contributed by atoms with Gasteiger partial charge in [-0.3, -0.25) is 5.41 Å². The van der Waals surface area contributed by atoms with E-state index in [9.17, 15) is 0 Å². The summed E-state index contributed by atoms with van der Waals surface area (Å²) in [5.74, 6) is 0. The molecule has 0 amide bonds. The normalized spacial score (nSPS) is 12.1. The number of nitrogens with one attached hydrogen (secondary N) is 1. The molecule has 0 aliphatic heterocycles. The predicted molar refractivity (Wildman–Crippen MR) is 101 cm³/mol. The quantitative estimate of drug-likeness (QED) is 0.544. The van der Waals surface area contributed by atoms with E-state index in [2.05, 4.69) is 90.1 Å². The molecule has 0 atom stereocenters. The van der Waals surface area contributed by atoms with Crippen LogP contribution < -0.4 is 4.90 Å². The summed E-state index contributed by atoms with van der Waals surface area (Å²) in [5, 5.41) is 7.79. The smallest absolute Gasteiger partial charge is 0.0907 e.